The molecule has 0 saturated heterocycles. The van der Waals surface area contributed by atoms with E-state index in [9.17, 15) is 9.18 Å². The number of benzene rings is 1. The fourth-order valence-electron chi connectivity index (χ4n) is 2.27. The molecule has 0 bridgehead atoms. The van der Waals surface area contributed by atoms with Gasteiger partial charge in [0.25, 0.3) is 0 Å². The van der Waals surface area contributed by atoms with Gasteiger partial charge >= 0.3 is 0 Å². The molecule has 0 radical (unpaired) electrons. The first-order chi connectivity index (χ1) is 12.2. The van der Waals surface area contributed by atoms with Crippen molar-refractivity contribution in [3.63, 3.8) is 0 Å². The van der Waals surface area contributed by atoms with E-state index in [0.717, 1.165) is 10.7 Å². The van der Waals surface area contributed by atoms with Gasteiger partial charge in [-0.3, -0.25) is 9.78 Å². The molecule has 0 aliphatic rings. The van der Waals surface area contributed by atoms with Crippen molar-refractivity contribution < 1.29 is 9.18 Å². The van der Waals surface area contributed by atoms with Gasteiger partial charge in [-0.25, -0.2) is 14.4 Å². The monoisotopic (exact) mass is 370 g/mol. The van der Waals surface area contributed by atoms with Crippen molar-refractivity contribution in [1.29, 1.82) is 0 Å². The Labute approximate surface area is 150 Å². The van der Waals surface area contributed by atoms with Gasteiger partial charge in [-0.1, -0.05) is 17.4 Å². The number of carbonyl (C=O) groups is 1. The number of anilines is 1. The summed E-state index contributed by atoms with van der Waals surface area (Å²) in [5.74, 6) is -0.532. The Bertz CT molecular complexity index is 1050. The zero-order valence-corrected chi connectivity index (χ0v) is 14.4. The molecule has 0 saturated carbocycles. The summed E-state index contributed by atoms with van der Waals surface area (Å²) in [6.07, 6.45) is 1.85. The van der Waals surface area contributed by atoms with E-state index in [1.807, 2.05) is 23.6 Å². The Hall–Kier alpha value is -2.71. The molecule has 1 aromatic carbocycles. The Morgan fingerprint density at radius 1 is 1.20 bits per heavy atom. The van der Waals surface area contributed by atoms with E-state index in [2.05, 4.69) is 20.3 Å². The van der Waals surface area contributed by atoms with Crippen LogP contribution in [0.2, 0.25) is 0 Å². The van der Waals surface area contributed by atoms with Gasteiger partial charge in [0.1, 0.15) is 10.8 Å². The molecule has 0 spiro atoms. The lowest BCUT2D eigenvalue weighted by Gasteiger charge is -1.98. The minimum Gasteiger partial charge on any atom is -0.302 e. The predicted octanol–water partition coefficient (Wildman–Crippen LogP) is 4.14. The molecular formula is C17H11FN4OS2. The number of amides is 1. The summed E-state index contributed by atoms with van der Waals surface area (Å²) in [6, 6.07) is 9.96. The summed E-state index contributed by atoms with van der Waals surface area (Å²) >= 11 is 2.69. The van der Waals surface area contributed by atoms with Gasteiger partial charge in [-0.15, -0.1) is 11.3 Å². The molecule has 0 atom stereocenters. The van der Waals surface area contributed by atoms with Crippen molar-refractivity contribution in [2.45, 2.75) is 6.42 Å². The smallest absolute Gasteiger partial charge is 0.232 e. The van der Waals surface area contributed by atoms with Crippen LogP contribution in [-0.4, -0.2) is 20.9 Å². The number of nitrogens with one attached hydrogen (secondary N) is 1. The first-order valence-corrected chi connectivity index (χ1v) is 9.09. The van der Waals surface area contributed by atoms with Crippen molar-refractivity contribution in [1.82, 2.24) is 15.0 Å². The fraction of sp³-hybridized carbons (Fsp3) is 0.0588. The number of nitrogens with zero attached hydrogens (tertiary/aromatic N) is 3. The van der Waals surface area contributed by atoms with E-state index in [-0.39, 0.29) is 18.1 Å². The Morgan fingerprint density at radius 3 is 2.96 bits per heavy atom. The summed E-state index contributed by atoms with van der Waals surface area (Å²) in [7, 11) is 0. The van der Waals surface area contributed by atoms with E-state index in [1.54, 1.807) is 12.3 Å². The molecule has 8 heteroatoms. The second-order valence-electron chi connectivity index (χ2n) is 5.21. The molecule has 1 N–H and O–H groups in total. The quantitative estimate of drug-likeness (QED) is 0.586. The third-order valence-electron chi connectivity index (χ3n) is 3.37. The Morgan fingerprint density at radius 2 is 2.12 bits per heavy atom. The van der Waals surface area contributed by atoms with Crippen LogP contribution >= 0.6 is 22.7 Å². The number of thiazole rings is 2. The largest absolute Gasteiger partial charge is 0.302 e. The molecule has 25 heavy (non-hydrogen) atoms. The zero-order chi connectivity index (χ0) is 17.2. The lowest BCUT2D eigenvalue weighted by molar-refractivity contribution is -0.115. The number of carbonyl (C=O) groups excluding carboxylic acids is 1. The summed E-state index contributed by atoms with van der Waals surface area (Å²) in [5.41, 5.74) is 2.12. The number of fused-ring (bicyclic) bond motifs is 1. The topological polar surface area (TPSA) is 67.8 Å². The van der Waals surface area contributed by atoms with Gasteiger partial charge in [0.05, 0.1) is 28.0 Å². The van der Waals surface area contributed by atoms with E-state index in [1.165, 1.54) is 34.8 Å². The lowest BCUT2D eigenvalue weighted by Crippen LogP contribution is -2.14. The highest BCUT2D eigenvalue weighted by Gasteiger charge is 2.12. The summed E-state index contributed by atoms with van der Waals surface area (Å²) in [4.78, 5) is 25.2. The van der Waals surface area contributed by atoms with Gasteiger partial charge in [-0.05, 0) is 30.3 Å². The summed E-state index contributed by atoms with van der Waals surface area (Å²) in [6.45, 7) is 0. The molecule has 4 rings (SSSR count). The van der Waals surface area contributed by atoms with Crippen molar-refractivity contribution >= 4 is 43.9 Å². The van der Waals surface area contributed by atoms with Crippen LogP contribution in [0.15, 0.2) is 48.0 Å². The molecule has 4 aromatic rings. The second-order valence-corrected chi connectivity index (χ2v) is 7.10. The predicted molar refractivity (Wildman–Crippen MR) is 97.3 cm³/mol. The SMILES string of the molecule is O=C(Cc1csc(-c2ccccn2)n1)Nc1nc2ccc(F)cc2s1. The zero-order valence-electron chi connectivity index (χ0n) is 12.8. The van der Waals surface area contributed by atoms with Gasteiger partial charge in [-0.2, -0.15) is 0 Å². The van der Waals surface area contributed by atoms with Crippen molar-refractivity contribution in [3.05, 3.63) is 59.5 Å². The van der Waals surface area contributed by atoms with Crippen LogP contribution in [0.1, 0.15) is 5.69 Å². The fourth-order valence-corrected chi connectivity index (χ4v) is 3.98. The van der Waals surface area contributed by atoms with Crippen molar-refractivity contribution in [2.75, 3.05) is 5.32 Å². The number of rotatable bonds is 4. The molecule has 3 aromatic heterocycles. The number of halogens is 1. The average Bonchev–Trinajstić information content (AvgIpc) is 3.21. The van der Waals surface area contributed by atoms with Crippen LogP contribution < -0.4 is 5.32 Å². The van der Waals surface area contributed by atoms with Gasteiger partial charge in [0, 0.05) is 11.6 Å². The van der Waals surface area contributed by atoms with E-state index in [4.69, 9.17) is 0 Å². The van der Waals surface area contributed by atoms with Crippen LogP contribution in [0.25, 0.3) is 20.9 Å². The molecule has 3 heterocycles. The molecule has 0 fully saturated rings. The highest BCUT2D eigenvalue weighted by Crippen LogP contribution is 2.27. The maximum Gasteiger partial charge on any atom is 0.232 e. The third kappa shape index (κ3) is 3.54. The first kappa shape index (κ1) is 15.8. The highest BCUT2D eigenvalue weighted by molar-refractivity contribution is 7.22. The maximum atomic E-state index is 13.2. The van der Waals surface area contributed by atoms with Crippen LogP contribution in [0, 0.1) is 5.82 Å². The standard InChI is InChI=1S/C17H11FN4OS2/c18-10-4-5-12-14(7-10)25-17(21-12)22-15(23)8-11-9-24-16(20-11)13-3-1-2-6-19-13/h1-7,9H,8H2,(H,21,22,23). The van der Waals surface area contributed by atoms with E-state index >= 15 is 0 Å². The minimum absolute atomic E-state index is 0.146. The normalized spacial score (nSPS) is 10.9. The van der Waals surface area contributed by atoms with E-state index in [0.29, 0.717) is 21.0 Å². The number of aromatic nitrogens is 3. The third-order valence-corrected chi connectivity index (χ3v) is 5.22. The average molecular weight is 370 g/mol. The minimum atomic E-state index is -0.321. The van der Waals surface area contributed by atoms with E-state index < -0.39 is 0 Å². The number of hydrogen-bond donors (Lipinski definition) is 1. The Kier molecular flexibility index (Phi) is 4.21. The number of pyridine rings is 1. The molecule has 0 aliphatic heterocycles. The van der Waals surface area contributed by atoms with Crippen molar-refractivity contribution in [3.8, 4) is 10.7 Å². The highest BCUT2D eigenvalue weighted by atomic mass is 32.1. The van der Waals surface area contributed by atoms with Crippen LogP contribution in [0.3, 0.4) is 0 Å². The second kappa shape index (κ2) is 6.66. The van der Waals surface area contributed by atoms with Crippen LogP contribution in [-0.2, 0) is 11.2 Å². The lowest BCUT2D eigenvalue weighted by atomic mass is 10.3. The molecular weight excluding hydrogens is 359 g/mol. The molecule has 0 unspecified atom stereocenters. The molecule has 124 valence electrons. The number of hydrogen-bond acceptors (Lipinski definition) is 6. The van der Waals surface area contributed by atoms with Gasteiger partial charge in [0.2, 0.25) is 5.91 Å². The van der Waals surface area contributed by atoms with Gasteiger partial charge in [0.15, 0.2) is 5.13 Å². The van der Waals surface area contributed by atoms with Crippen LogP contribution in [0.4, 0.5) is 9.52 Å². The molecule has 0 aliphatic carbocycles. The van der Waals surface area contributed by atoms with Crippen molar-refractivity contribution in [2.24, 2.45) is 0 Å². The molecule has 1 amide bonds. The van der Waals surface area contributed by atoms with Crippen LogP contribution in [0.5, 0.6) is 0 Å². The summed E-state index contributed by atoms with van der Waals surface area (Å²) < 4.78 is 13.9. The Balaban J connectivity index is 1.46. The summed E-state index contributed by atoms with van der Waals surface area (Å²) in [5, 5.41) is 5.81. The molecule has 5 nitrogen and oxygen atoms in total. The maximum absolute atomic E-state index is 13.2. The first-order valence-electron chi connectivity index (χ1n) is 7.39. The van der Waals surface area contributed by atoms with Gasteiger partial charge < -0.3 is 5.32 Å².